The lowest BCUT2D eigenvalue weighted by molar-refractivity contribution is 0.194. The summed E-state index contributed by atoms with van der Waals surface area (Å²) < 4.78 is 6.82. The van der Waals surface area contributed by atoms with E-state index in [4.69, 9.17) is 4.74 Å². The number of rotatable bonds is 6. The van der Waals surface area contributed by atoms with Crippen LogP contribution in [0.1, 0.15) is 12.1 Å². The van der Waals surface area contributed by atoms with Crippen molar-refractivity contribution in [3.8, 4) is 0 Å². The second-order valence-corrected chi connectivity index (χ2v) is 2.97. The molecule has 0 saturated heterocycles. The van der Waals surface area contributed by atoms with Crippen LogP contribution in [0.2, 0.25) is 0 Å². The molecule has 14 heavy (non-hydrogen) atoms. The highest BCUT2D eigenvalue weighted by molar-refractivity contribution is 5.85. The molecule has 1 N–H and O–H groups in total. The van der Waals surface area contributed by atoms with Crippen molar-refractivity contribution in [2.75, 3.05) is 20.3 Å². The van der Waals surface area contributed by atoms with E-state index in [-0.39, 0.29) is 12.4 Å². The van der Waals surface area contributed by atoms with Crippen LogP contribution in [0, 0.1) is 0 Å². The van der Waals surface area contributed by atoms with Gasteiger partial charge in [-0.25, -0.2) is 0 Å². The third kappa shape index (κ3) is 4.60. The maximum atomic E-state index is 4.95. The van der Waals surface area contributed by atoms with Crippen LogP contribution < -0.4 is 5.32 Å². The van der Waals surface area contributed by atoms with Gasteiger partial charge in [-0.1, -0.05) is 0 Å². The Balaban J connectivity index is 0.00000169. The van der Waals surface area contributed by atoms with Gasteiger partial charge in [0.15, 0.2) is 0 Å². The average Bonchev–Trinajstić information content (AvgIpc) is 2.52. The van der Waals surface area contributed by atoms with Gasteiger partial charge >= 0.3 is 0 Å². The normalized spacial score (nSPS) is 9.86. The van der Waals surface area contributed by atoms with Gasteiger partial charge in [-0.3, -0.25) is 4.68 Å². The van der Waals surface area contributed by atoms with Gasteiger partial charge in [0, 0.05) is 33.5 Å². The third-order valence-corrected chi connectivity index (χ3v) is 1.93. The summed E-state index contributed by atoms with van der Waals surface area (Å²) in [6.45, 7) is 2.68. The Morgan fingerprint density at radius 1 is 1.57 bits per heavy atom. The minimum absolute atomic E-state index is 0. The first-order valence-electron chi connectivity index (χ1n) is 4.51. The summed E-state index contributed by atoms with van der Waals surface area (Å²) >= 11 is 0. The summed E-state index contributed by atoms with van der Waals surface area (Å²) in [4.78, 5) is 0. The maximum Gasteiger partial charge on any atom is 0.0518 e. The molecule has 0 bridgehead atoms. The number of nitrogens with zero attached hydrogens (tertiary/aromatic N) is 2. The van der Waals surface area contributed by atoms with E-state index in [2.05, 4.69) is 10.4 Å². The summed E-state index contributed by atoms with van der Waals surface area (Å²) in [5, 5.41) is 7.41. The molecule has 0 aliphatic carbocycles. The first kappa shape index (κ1) is 13.4. The minimum Gasteiger partial charge on any atom is -0.385 e. The van der Waals surface area contributed by atoms with Crippen LogP contribution in [0.4, 0.5) is 0 Å². The fourth-order valence-corrected chi connectivity index (χ4v) is 1.13. The standard InChI is InChI=1S/C9H17N3O.ClH/c1-12-9(4-6-11-12)8-10-5-3-7-13-2;/h4,6,10H,3,5,7-8H2,1-2H3;1H. The topological polar surface area (TPSA) is 39.1 Å². The van der Waals surface area contributed by atoms with E-state index >= 15 is 0 Å². The van der Waals surface area contributed by atoms with Crippen molar-refractivity contribution in [1.82, 2.24) is 15.1 Å². The molecule has 0 aromatic carbocycles. The van der Waals surface area contributed by atoms with Crippen LogP contribution in [0.15, 0.2) is 12.3 Å². The predicted octanol–water partition coefficient (Wildman–Crippen LogP) is 0.968. The molecule has 0 saturated carbocycles. The van der Waals surface area contributed by atoms with Crippen molar-refractivity contribution in [2.45, 2.75) is 13.0 Å². The molecule has 0 aliphatic heterocycles. The van der Waals surface area contributed by atoms with Crippen LogP contribution in [-0.2, 0) is 18.3 Å². The molecule has 5 heteroatoms. The van der Waals surface area contributed by atoms with Gasteiger partial charge in [0.25, 0.3) is 0 Å². The molecule has 4 nitrogen and oxygen atoms in total. The lowest BCUT2D eigenvalue weighted by atomic mass is 10.4. The van der Waals surface area contributed by atoms with Crippen molar-refractivity contribution in [1.29, 1.82) is 0 Å². The Morgan fingerprint density at radius 3 is 2.93 bits per heavy atom. The number of methoxy groups -OCH3 is 1. The molecule has 0 amide bonds. The van der Waals surface area contributed by atoms with Gasteiger partial charge in [-0.05, 0) is 19.0 Å². The first-order chi connectivity index (χ1) is 6.34. The van der Waals surface area contributed by atoms with Crippen molar-refractivity contribution in [3.05, 3.63) is 18.0 Å². The van der Waals surface area contributed by atoms with Gasteiger partial charge < -0.3 is 10.1 Å². The quantitative estimate of drug-likeness (QED) is 0.725. The van der Waals surface area contributed by atoms with Crippen LogP contribution in [-0.4, -0.2) is 30.0 Å². The summed E-state index contributed by atoms with van der Waals surface area (Å²) in [5.74, 6) is 0. The molecule has 0 radical (unpaired) electrons. The summed E-state index contributed by atoms with van der Waals surface area (Å²) in [6, 6.07) is 2.02. The Labute approximate surface area is 91.0 Å². The number of aryl methyl sites for hydroxylation is 1. The van der Waals surface area contributed by atoms with Gasteiger partial charge in [0.05, 0.1) is 5.69 Å². The Hall–Kier alpha value is -0.580. The molecule has 1 rings (SSSR count). The molecule has 0 aliphatic rings. The average molecular weight is 220 g/mol. The Bertz CT molecular complexity index is 240. The first-order valence-corrected chi connectivity index (χ1v) is 4.51. The fourth-order valence-electron chi connectivity index (χ4n) is 1.13. The largest absolute Gasteiger partial charge is 0.385 e. The van der Waals surface area contributed by atoms with Crippen molar-refractivity contribution in [2.24, 2.45) is 7.05 Å². The van der Waals surface area contributed by atoms with Crippen LogP contribution >= 0.6 is 12.4 Å². The highest BCUT2D eigenvalue weighted by Crippen LogP contribution is 1.94. The van der Waals surface area contributed by atoms with E-state index in [1.165, 1.54) is 5.69 Å². The number of halogens is 1. The monoisotopic (exact) mass is 219 g/mol. The van der Waals surface area contributed by atoms with E-state index in [1.54, 1.807) is 7.11 Å². The predicted molar refractivity (Wildman–Crippen MR) is 58.7 cm³/mol. The van der Waals surface area contributed by atoms with Crippen molar-refractivity contribution in [3.63, 3.8) is 0 Å². The minimum atomic E-state index is 0. The smallest absolute Gasteiger partial charge is 0.0518 e. The van der Waals surface area contributed by atoms with E-state index in [9.17, 15) is 0 Å². The molecule has 1 heterocycles. The van der Waals surface area contributed by atoms with Crippen molar-refractivity contribution < 1.29 is 4.74 Å². The van der Waals surface area contributed by atoms with Crippen LogP contribution in [0.25, 0.3) is 0 Å². The number of hydrogen-bond donors (Lipinski definition) is 1. The lowest BCUT2D eigenvalue weighted by Gasteiger charge is -2.04. The van der Waals surface area contributed by atoms with E-state index in [0.717, 1.165) is 26.1 Å². The van der Waals surface area contributed by atoms with Crippen LogP contribution in [0.5, 0.6) is 0 Å². The summed E-state index contributed by atoms with van der Waals surface area (Å²) in [7, 11) is 3.67. The second-order valence-electron chi connectivity index (χ2n) is 2.97. The molecule has 1 aromatic heterocycles. The van der Waals surface area contributed by atoms with Gasteiger partial charge in [0.2, 0.25) is 0 Å². The molecule has 0 unspecified atom stereocenters. The number of aromatic nitrogens is 2. The van der Waals surface area contributed by atoms with Crippen LogP contribution in [0.3, 0.4) is 0 Å². The van der Waals surface area contributed by atoms with Crippen molar-refractivity contribution >= 4 is 12.4 Å². The van der Waals surface area contributed by atoms with Gasteiger partial charge in [0.1, 0.15) is 0 Å². The molecular formula is C9H18ClN3O. The lowest BCUT2D eigenvalue weighted by Crippen LogP contribution is -2.18. The zero-order chi connectivity index (χ0) is 9.52. The van der Waals surface area contributed by atoms with Gasteiger partial charge in [-0.2, -0.15) is 5.10 Å². The summed E-state index contributed by atoms with van der Waals surface area (Å²) in [6.07, 6.45) is 2.86. The highest BCUT2D eigenvalue weighted by atomic mass is 35.5. The third-order valence-electron chi connectivity index (χ3n) is 1.93. The molecule has 0 fully saturated rings. The molecular weight excluding hydrogens is 202 g/mol. The molecule has 0 atom stereocenters. The Kier molecular flexibility index (Phi) is 7.47. The molecule has 0 spiro atoms. The zero-order valence-corrected chi connectivity index (χ0v) is 9.51. The van der Waals surface area contributed by atoms with E-state index in [0.29, 0.717) is 0 Å². The fraction of sp³-hybridized carbons (Fsp3) is 0.667. The second kappa shape index (κ2) is 7.79. The van der Waals surface area contributed by atoms with Gasteiger partial charge in [-0.15, -0.1) is 12.4 Å². The number of ether oxygens (including phenoxy) is 1. The van der Waals surface area contributed by atoms with E-state index in [1.807, 2.05) is 24.0 Å². The maximum absolute atomic E-state index is 4.95. The Morgan fingerprint density at radius 2 is 2.36 bits per heavy atom. The molecule has 82 valence electrons. The SMILES string of the molecule is COCCCNCc1ccnn1C.Cl. The van der Waals surface area contributed by atoms with E-state index < -0.39 is 0 Å². The summed E-state index contributed by atoms with van der Waals surface area (Å²) in [5.41, 5.74) is 1.21. The molecule has 1 aromatic rings. The zero-order valence-electron chi connectivity index (χ0n) is 8.69. The number of hydrogen-bond acceptors (Lipinski definition) is 3. The number of nitrogens with one attached hydrogen (secondary N) is 1. The highest BCUT2D eigenvalue weighted by Gasteiger charge is 1.96.